The Morgan fingerprint density at radius 3 is 2.31 bits per heavy atom. The molecule has 0 aromatic heterocycles. The number of hydrogen-bond acceptors (Lipinski definition) is 1. The van der Waals surface area contributed by atoms with Gasteiger partial charge in [-0.15, -0.1) is 0 Å². The van der Waals surface area contributed by atoms with Gasteiger partial charge in [-0.2, -0.15) is 5.92 Å². The summed E-state index contributed by atoms with van der Waals surface area (Å²) in [5.41, 5.74) is 0.857. The molecule has 0 heterocycles. The Balaban J connectivity index is 0.00000144. The molecule has 1 radical (unpaired) electrons. The maximum Gasteiger partial charge on any atom is 1.00 e. The second-order valence-electron chi connectivity index (χ2n) is 2.10. The minimum atomic E-state index is 0. The Morgan fingerprint density at radius 2 is 1.85 bits per heavy atom. The summed E-state index contributed by atoms with van der Waals surface area (Å²) in [6.45, 7) is 0. The number of rotatable bonds is 1. The average molecular weight is 256 g/mol. The van der Waals surface area contributed by atoms with Gasteiger partial charge in [-0.3, -0.25) is 5.92 Å². The Labute approximate surface area is 91.3 Å². The zero-order valence-corrected chi connectivity index (χ0v) is 8.81. The molecular formula is C11H7ORu. The van der Waals surface area contributed by atoms with Gasteiger partial charge in [0.1, 0.15) is 5.75 Å². The first-order valence-corrected chi connectivity index (χ1v) is 3.43. The van der Waals surface area contributed by atoms with E-state index in [1.165, 1.54) is 0 Å². The normalized spacial score (nSPS) is 7.08. The summed E-state index contributed by atoms with van der Waals surface area (Å²) in [6.07, 6.45) is 6.58. The van der Waals surface area contributed by atoms with Crippen LogP contribution in [0.2, 0.25) is 0 Å². The van der Waals surface area contributed by atoms with E-state index >= 15 is 0 Å². The summed E-state index contributed by atoms with van der Waals surface area (Å²) >= 11 is 0. The van der Waals surface area contributed by atoms with Crippen LogP contribution in [0.3, 0.4) is 0 Å². The summed E-state index contributed by atoms with van der Waals surface area (Å²) in [7, 11) is 1.62. The van der Waals surface area contributed by atoms with Crippen LogP contribution in [0.4, 0.5) is 0 Å². The van der Waals surface area contributed by atoms with E-state index in [4.69, 9.17) is 11.2 Å². The van der Waals surface area contributed by atoms with Crippen molar-refractivity contribution in [2.24, 2.45) is 0 Å². The molecular weight excluding hydrogens is 249 g/mol. The second kappa shape index (κ2) is 6.30. The molecule has 0 amide bonds. The fourth-order valence-corrected chi connectivity index (χ4v) is 0.778. The van der Waals surface area contributed by atoms with Crippen LogP contribution in [-0.2, 0) is 19.5 Å². The molecule has 0 aliphatic heterocycles. The minimum Gasteiger partial charge on any atom is -0.497 e. The van der Waals surface area contributed by atoms with E-state index in [2.05, 4.69) is 11.8 Å². The van der Waals surface area contributed by atoms with Crippen molar-refractivity contribution in [3.63, 3.8) is 0 Å². The van der Waals surface area contributed by atoms with Gasteiger partial charge in [0.2, 0.25) is 0 Å². The van der Waals surface area contributed by atoms with Crippen molar-refractivity contribution in [2.45, 2.75) is 0 Å². The standard InChI is InChI=1S/C11H7O.Ru/c1-3-4-5-10-6-8-11(12-2)9-7-10;/h6-9H,2H3;/q-1;+1. The molecule has 1 aromatic carbocycles. The molecule has 1 rings (SSSR count). The molecule has 0 saturated heterocycles. The van der Waals surface area contributed by atoms with Gasteiger partial charge < -0.3 is 11.2 Å². The van der Waals surface area contributed by atoms with Crippen molar-refractivity contribution in [3.05, 3.63) is 36.3 Å². The molecule has 0 spiro atoms. The molecule has 13 heavy (non-hydrogen) atoms. The summed E-state index contributed by atoms with van der Waals surface area (Å²) in [5, 5.41) is 0. The summed E-state index contributed by atoms with van der Waals surface area (Å²) in [5.74, 6) is 7.98. The summed E-state index contributed by atoms with van der Waals surface area (Å²) < 4.78 is 4.97. The molecule has 0 aliphatic carbocycles. The third-order valence-electron chi connectivity index (χ3n) is 1.36. The fourth-order valence-electron chi connectivity index (χ4n) is 0.778. The zero-order valence-electron chi connectivity index (χ0n) is 7.07. The number of benzene rings is 1. The Morgan fingerprint density at radius 1 is 1.23 bits per heavy atom. The van der Waals surface area contributed by atoms with Crippen molar-refractivity contribution in [2.75, 3.05) is 7.11 Å². The average Bonchev–Trinajstić information content (AvgIpc) is 2.15. The molecule has 0 saturated carbocycles. The van der Waals surface area contributed by atoms with Crippen molar-refractivity contribution in [1.82, 2.24) is 0 Å². The molecule has 0 N–H and O–H groups in total. The van der Waals surface area contributed by atoms with Gasteiger partial charge in [-0.25, -0.2) is 5.92 Å². The monoisotopic (exact) mass is 257 g/mol. The first-order valence-electron chi connectivity index (χ1n) is 3.43. The summed E-state index contributed by atoms with van der Waals surface area (Å²) in [4.78, 5) is 0. The van der Waals surface area contributed by atoms with Gasteiger partial charge in [0.25, 0.3) is 0 Å². The van der Waals surface area contributed by atoms with Crippen molar-refractivity contribution >= 4 is 0 Å². The van der Waals surface area contributed by atoms with Gasteiger partial charge in [0, 0.05) is 5.56 Å². The van der Waals surface area contributed by atoms with E-state index in [-0.39, 0.29) is 19.5 Å². The van der Waals surface area contributed by atoms with Crippen LogP contribution in [0.15, 0.2) is 24.3 Å². The molecule has 1 aromatic rings. The van der Waals surface area contributed by atoms with E-state index in [1.807, 2.05) is 30.2 Å². The van der Waals surface area contributed by atoms with Crippen molar-refractivity contribution in [3.8, 4) is 23.5 Å². The molecule has 0 bridgehead atoms. The van der Waals surface area contributed by atoms with Gasteiger partial charge in [-0.1, -0.05) is 0 Å². The van der Waals surface area contributed by atoms with Crippen LogP contribution in [0.1, 0.15) is 5.56 Å². The zero-order chi connectivity index (χ0) is 8.81. The molecule has 2 heteroatoms. The van der Waals surface area contributed by atoms with E-state index < -0.39 is 0 Å². The SMILES string of the molecule is [C-]#CC#Cc1ccc(OC)cc1.[Ru+]. The third kappa shape index (κ3) is 3.79. The Bertz CT molecular complexity index is 348. The van der Waals surface area contributed by atoms with Crippen LogP contribution in [-0.4, -0.2) is 7.11 Å². The van der Waals surface area contributed by atoms with Crippen LogP contribution in [0.5, 0.6) is 5.75 Å². The maximum atomic E-state index is 6.58. The topological polar surface area (TPSA) is 9.23 Å². The molecule has 65 valence electrons. The Kier molecular flexibility index (Phi) is 5.70. The van der Waals surface area contributed by atoms with Crippen LogP contribution >= 0.6 is 0 Å². The van der Waals surface area contributed by atoms with E-state index in [0.717, 1.165) is 11.3 Å². The molecule has 0 unspecified atom stereocenters. The molecule has 1 nitrogen and oxygen atoms in total. The van der Waals surface area contributed by atoms with Crippen LogP contribution in [0.25, 0.3) is 0 Å². The predicted octanol–water partition coefficient (Wildman–Crippen LogP) is 1.63. The molecule has 0 fully saturated rings. The molecule has 0 aliphatic rings. The van der Waals surface area contributed by atoms with E-state index in [9.17, 15) is 0 Å². The number of methoxy groups -OCH3 is 1. The third-order valence-corrected chi connectivity index (χ3v) is 1.36. The molecule has 0 atom stereocenters. The van der Waals surface area contributed by atoms with Gasteiger partial charge in [-0.05, 0) is 24.3 Å². The summed E-state index contributed by atoms with van der Waals surface area (Å²) in [6, 6.07) is 7.33. The first-order chi connectivity index (χ1) is 5.86. The van der Waals surface area contributed by atoms with Gasteiger partial charge in [0.15, 0.2) is 0 Å². The Hall–Kier alpha value is -1.24. The smallest absolute Gasteiger partial charge is 0.497 e. The van der Waals surface area contributed by atoms with Crippen molar-refractivity contribution in [1.29, 1.82) is 0 Å². The van der Waals surface area contributed by atoms with Gasteiger partial charge in [0.05, 0.1) is 7.11 Å². The minimum absolute atomic E-state index is 0. The largest absolute Gasteiger partial charge is 1.00 e. The maximum absolute atomic E-state index is 6.58. The number of ether oxygens (including phenoxy) is 1. The quantitative estimate of drug-likeness (QED) is 0.421. The van der Waals surface area contributed by atoms with E-state index in [1.54, 1.807) is 7.11 Å². The second-order valence-corrected chi connectivity index (χ2v) is 2.10. The fraction of sp³-hybridized carbons (Fsp3) is 0.0909. The van der Waals surface area contributed by atoms with Crippen LogP contribution < -0.4 is 4.74 Å². The van der Waals surface area contributed by atoms with Crippen LogP contribution in [0, 0.1) is 24.2 Å². The predicted molar refractivity (Wildman–Crippen MR) is 47.0 cm³/mol. The van der Waals surface area contributed by atoms with Gasteiger partial charge >= 0.3 is 19.5 Å². The number of hydrogen-bond donors (Lipinski definition) is 0. The first kappa shape index (κ1) is 11.8. The van der Waals surface area contributed by atoms with Crippen molar-refractivity contribution < 1.29 is 24.2 Å². The van der Waals surface area contributed by atoms with E-state index in [0.29, 0.717) is 0 Å².